The molecular formula is C10H10N2S. The van der Waals surface area contributed by atoms with Gasteiger partial charge in [0.1, 0.15) is 5.52 Å². The number of benzene rings is 1. The van der Waals surface area contributed by atoms with Crippen LogP contribution in [-0.2, 0) is 0 Å². The first-order chi connectivity index (χ1) is 6.42. The lowest BCUT2D eigenvalue weighted by molar-refractivity contribution is 1.34. The van der Waals surface area contributed by atoms with Crippen molar-refractivity contribution in [2.24, 2.45) is 0 Å². The summed E-state index contributed by atoms with van der Waals surface area (Å²) < 4.78 is 1.22. The molecule has 1 aromatic heterocycles. The number of rotatable bonds is 3. The molecule has 0 saturated carbocycles. The SMILES string of the molecule is C=CCNc1cccc2scnc12. The minimum absolute atomic E-state index is 0.774. The first-order valence-electron chi connectivity index (χ1n) is 4.09. The van der Waals surface area contributed by atoms with E-state index in [0.29, 0.717) is 0 Å². The number of aromatic nitrogens is 1. The average molecular weight is 190 g/mol. The second-order valence-electron chi connectivity index (χ2n) is 2.67. The molecule has 1 N–H and O–H groups in total. The van der Waals surface area contributed by atoms with Crippen LogP contribution in [0, 0.1) is 0 Å². The normalized spacial score (nSPS) is 10.2. The lowest BCUT2D eigenvalue weighted by Crippen LogP contribution is -1.97. The van der Waals surface area contributed by atoms with Crippen molar-refractivity contribution in [3.8, 4) is 0 Å². The van der Waals surface area contributed by atoms with Crippen molar-refractivity contribution in [3.63, 3.8) is 0 Å². The summed E-state index contributed by atoms with van der Waals surface area (Å²) in [7, 11) is 0. The molecule has 0 unspecified atom stereocenters. The van der Waals surface area contributed by atoms with E-state index in [0.717, 1.165) is 17.7 Å². The van der Waals surface area contributed by atoms with Gasteiger partial charge in [0, 0.05) is 6.54 Å². The number of nitrogens with one attached hydrogen (secondary N) is 1. The molecule has 0 aliphatic heterocycles. The molecule has 0 atom stereocenters. The lowest BCUT2D eigenvalue weighted by atomic mass is 10.3. The summed E-state index contributed by atoms with van der Waals surface area (Å²) >= 11 is 1.66. The van der Waals surface area contributed by atoms with Gasteiger partial charge in [-0.15, -0.1) is 17.9 Å². The first-order valence-corrected chi connectivity index (χ1v) is 4.97. The van der Waals surface area contributed by atoms with E-state index in [1.165, 1.54) is 4.70 Å². The van der Waals surface area contributed by atoms with Gasteiger partial charge in [-0.3, -0.25) is 0 Å². The summed E-state index contributed by atoms with van der Waals surface area (Å²) in [5.74, 6) is 0. The number of nitrogens with zero attached hydrogens (tertiary/aromatic N) is 1. The quantitative estimate of drug-likeness (QED) is 0.753. The molecule has 0 saturated heterocycles. The van der Waals surface area contributed by atoms with Crippen LogP contribution in [0.2, 0.25) is 0 Å². The predicted octanol–water partition coefficient (Wildman–Crippen LogP) is 2.89. The number of hydrogen-bond donors (Lipinski definition) is 1. The van der Waals surface area contributed by atoms with E-state index in [4.69, 9.17) is 0 Å². The lowest BCUT2D eigenvalue weighted by Gasteiger charge is -2.02. The van der Waals surface area contributed by atoms with Crippen LogP contribution < -0.4 is 5.32 Å². The molecule has 1 aromatic carbocycles. The summed E-state index contributed by atoms with van der Waals surface area (Å²) in [5, 5.41) is 3.25. The predicted molar refractivity (Wildman–Crippen MR) is 58.3 cm³/mol. The second-order valence-corrected chi connectivity index (χ2v) is 3.56. The third-order valence-electron chi connectivity index (χ3n) is 1.80. The first kappa shape index (κ1) is 8.26. The molecule has 2 aromatic rings. The zero-order valence-corrected chi connectivity index (χ0v) is 7.97. The Morgan fingerprint density at radius 2 is 2.46 bits per heavy atom. The van der Waals surface area contributed by atoms with Crippen LogP contribution in [0.25, 0.3) is 10.2 Å². The highest BCUT2D eigenvalue weighted by Gasteiger charge is 2.00. The second kappa shape index (κ2) is 3.58. The maximum atomic E-state index is 4.29. The van der Waals surface area contributed by atoms with Crippen molar-refractivity contribution in [3.05, 3.63) is 36.4 Å². The molecule has 2 nitrogen and oxygen atoms in total. The Bertz CT molecular complexity index is 420. The Hall–Kier alpha value is -1.35. The zero-order chi connectivity index (χ0) is 9.10. The highest BCUT2D eigenvalue weighted by atomic mass is 32.1. The van der Waals surface area contributed by atoms with Gasteiger partial charge in [0.05, 0.1) is 15.9 Å². The van der Waals surface area contributed by atoms with Gasteiger partial charge < -0.3 is 5.32 Å². The van der Waals surface area contributed by atoms with Gasteiger partial charge in [-0.25, -0.2) is 4.98 Å². The van der Waals surface area contributed by atoms with Crippen molar-refractivity contribution < 1.29 is 0 Å². The fraction of sp³-hybridized carbons (Fsp3) is 0.100. The van der Waals surface area contributed by atoms with Crippen LogP contribution in [-0.4, -0.2) is 11.5 Å². The van der Waals surface area contributed by atoms with E-state index in [1.807, 2.05) is 23.7 Å². The van der Waals surface area contributed by atoms with Crippen LogP contribution in [0.15, 0.2) is 36.4 Å². The third kappa shape index (κ3) is 1.55. The largest absolute Gasteiger partial charge is 0.380 e. The number of para-hydroxylation sites is 1. The van der Waals surface area contributed by atoms with Gasteiger partial charge in [0.2, 0.25) is 0 Å². The van der Waals surface area contributed by atoms with Crippen LogP contribution >= 0.6 is 11.3 Å². The monoisotopic (exact) mass is 190 g/mol. The van der Waals surface area contributed by atoms with E-state index in [9.17, 15) is 0 Å². The van der Waals surface area contributed by atoms with Crippen molar-refractivity contribution in [1.82, 2.24) is 4.98 Å². The highest BCUT2D eigenvalue weighted by Crippen LogP contribution is 2.24. The summed E-state index contributed by atoms with van der Waals surface area (Å²) in [6.45, 7) is 4.44. The summed E-state index contributed by atoms with van der Waals surface area (Å²) in [5.41, 5.74) is 4.00. The number of hydrogen-bond acceptors (Lipinski definition) is 3. The molecule has 0 radical (unpaired) electrons. The summed E-state index contributed by atoms with van der Waals surface area (Å²) in [4.78, 5) is 4.29. The maximum absolute atomic E-state index is 4.29. The van der Waals surface area contributed by atoms with E-state index in [2.05, 4.69) is 22.9 Å². The Labute approximate surface area is 80.9 Å². The minimum Gasteiger partial charge on any atom is -0.380 e. The summed E-state index contributed by atoms with van der Waals surface area (Å²) in [6.07, 6.45) is 1.84. The Kier molecular flexibility index (Phi) is 2.27. The van der Waals surface area contributed by atoms with Crippen LogP contribution in [0.4, 0.5) is 5.69 Å². The Morgan fingerprint density at radius 3 is 3.31 bits per heavy atom. The smallest absolute Gasteiger partial charge is 0.104 e. The fourth-order valence-electron chi connectivity index (χ4n) is 1.21. The van der Waals surface area contributed by atoms with E-state index < -0.39 is 0 Å². The Balaban J connectivity index is 2.42. The van der Waals surface area contributed by atoms with E-state index in [-0.39, 0.29) is 0 Å². The number of anilines is 1. The number of fused-ring (bicyclic) bond motifs is 1. The molecule has 0 aliphatic rings. The molecular weight excluding hydrogens is 180 g/mol. The molecule has 2 rings (SSSR count). The zero-order valence-electron chi connectivity index (χ0n) is 7.16. The van der Waals surface area contributed by atoms with Crippen LogP contribution in [0.3, 0.4) is 0 Å². The van der Waals surface area contributed by atoms with Gasteiger partial charge in [-0.2, -0.15) is 0 Å². The molecule has 0 amide bonds. The molecule has 0 fully saturated rings. The molecule has 13 heavy (non-hydrogen) atoms. The van der Waals surface area contributed by atoms with Gasteiger partial charge in [0.25, 0.3) is 0 Å². The standard InChI is InChI=1S/C10H10N2S/c1-2-6-11-8-4-3-5-9-10(8)12-7-13-9/h2-5,7,11H,1,6H2. The van der Waals surface area contributed by atoms with Crippen molar-refractivity contribution in [2.45, 2.75) is 0 Å². The molecule has 0 spiro atoms. The molecule has 66 valence electrons. The van der Waals surface area contributed by atoms with Crippen molar-refractivity contribution in [1.29, 1.82) is 0 Å². The van der Waals surface area contributed by atoms with Crippen LogP contribution in [0.1, 0.15) is 0 Å². The maximum Gasteiger partial charge on any atom is 0.104 e. The minimum atomic E-state index is 0.774. The van der Waals surface area contributed by atoms with Gasteiger partial charge in [0.15, 0.2) is 0 Å². The molecule has 0 aliphatic carbocycles. The van der Waals surface area contributed by atoms with Gasteiger partial charge in [-0.05, 0) is 12.1 Å². The van der Waals surface area contributed by atoms with Crippen molar-refractivity contribution in [2.75, 3.05) is 11.9 Å². The third-order valence-corrected chi connectivity index (χ3v) is 2.59. The van der Waals surface area contributed by atoms with Gasteiger partial charge >= 0.3 is 0 Å². The molecule has 1 heterocycles. The highest BCUT2D eigenvalue weighted by molar-refractivity contribution is 7.16. The van der Waals surface area contributed by atoms with Gasteiger partial charge in [-0.1, -0.05) is 12.1 Å². The molecule has 0 bridgehead atoms. The summed E-state index contributed by atoms with van der Waals surface area (Å²) in [6, 6.07) is 6.14. The van der Waals surface area contributed by atoms with E-state index in [1.54, 1.807) is 11.3 Å². The van der Waals surface area contributed by atoms with Crippen LogP contribution in [0.5, 0.6) is 0 Å². The average Bonchev–Trinajstić information content (AvgIpc) is 2.62. The Morgan fingerprint density at radius 1 is 1.54 bits per heavy atom. The van der Waals surface area contributed by atoms with Crippen molar-refractivity contribution >= 4 is 27.2 Å². The fourth-order valence-corrected chi connectivity index (χ4v) is 1.91. The van der Waals surface area contributed by atoms with E-state index >= 15 is 0 Å². The number of thiazole rings is 1. The topological polar surface area (TPSA) is 24.9 Å². The molecule has 3 heteroatoms.